The first-order valence-corrected chi connectivity index (χ1v) is 11.3. The normalized spacial score (nSPS) is 11.4. The van der Waals surface area contributed by atoms with E-state index in [2.05, 4.69) is 131 Å². The van der Waals surface area contributed by atoms with Crippen LogP contribution in [0.25, 0.3) is 54.6 Å². The first kappa shape index (κ1) is 18.4. The molecule has 0 unspecified atom stereocenters. The second-order valence-corrected chi connectivity index (χ2v) is 8.83. The summed E-state index contributed by atoms with van der Waals surface area (Å²) in [6, 6.07) is 41.6. The molecule has 0 spiro atoms. The van der Waals surface area contributed by atoms with Gasteiger partial charge < -0.3 is 0 Å². The smallest absolute Gasteiger partial charge is 0.0175 e. The van der Waals surface area contributed by atoms with Crippen LogP contribution in [0.5, 0.6) is 0 Å². The molecule has 0 N–H and O–H groups in total. The minimum absolute atomic E-state index is 1.10. The molecule has 6 aromatic carbocycles. The van der Waals surface area contributed by atoms with Crippen LogP contribution >= 0.6 is 15.9 Å². The molecular formula is C30H19Br. The molecule has 0 bridgehead atoms. The zero-order chi connectivity index (χ0) is 20.8. The summed E-state index contributed by atoms with van der Waals surface area (Å²) >= 11 is 3.58. The molecule has 0 fully saturated rings. The molecule has 0 atom stereocenters. The molecule has 31 heavy (non-hydrogen) atoms. The summed E-state index contributed by atoms with van der Waals surface area (Å²) in [6.07, 6.45) is 0. The van der Waals surface area contributed by atoms with Crippen LogP contribution < -0.4 is 0 Å². The molecule has 0 saturated carbocycles. The number of halogens is 1. The summed E-state index contributed by atoms with van der Waals surface area (Å²) in [7, 11) is 0. The highest BCUT2D eigenvalue weighted by molar-refractivity contribution is 9.10. The topological polar surface area (TPSA) is 0 Å². The molecular weight excluding hydrogens is 440 g/mol. The molecule has 0 heterocycles. The third-order valence-corrected chi connectivity index (χ3v) is 6.63. The van der Waals surface area contributed by atoms with Crippen molar-refractivity contribution < 1.29 is 0 Å². The average Bonchev–Trinajstić information content (AvgIpc) is 2.83. The third-order valence-electron chi connectivity index (χ3n) is 6.10. The van der Waals surface area contributed by atoms with Gasteiger partial charge in [0.15, 0.2) is 0 Å². The quantitative estimate of drug-likeness (QED) is 0.226. The maximum Gasteiger partial charge on any atom is 0.0175 e. The van der Waals surface area contributed by atoms with Gasteiger partial charge in [-0.25, -0.2) is 0 Å². The third kappa shape index (κ3) is 3.05. The van der Waals surface area contributed by atoms with Crippen LogP contribution in [0.3, 0.4) is 0 Å². The van der Waals surface area contributed by atoms with E-state index in [9.17, 15) is 0 Å². The molecule has 6 aromatic rings. The van der Waals surface area contributed by atoms with Crippen molar-refractivity contribution in [2.24, 2.45) is 0 Å². The Morgan fingerprint density at radius 3 is 1.42 bits per heavy atom. The van der Waals surface area contributed by atoms with E-state index in [1.807, 2.05) is 0 Å². The van der Waals surface area contributed by atoms with Gasteiger partial charge in [0, 0.05) is 4.47 Å². The summed E-state index contributed by atoms with van der Waals surface area (Å²) in [5, 5.41) is 7.68. The largest absolute Gasteiger partial charge is 0.0616 e. The van der Waals surface area contributed by atoms with E-state index in [-0.39, 0.29) is 0 Å². The van der Waals surface area contributed by atoms with Crippen LogP contribution in [0.15, 0.2) is 120 Å². The molecule has 0 saturated heterocycles. The monoisotopic (exact) mass is 458 g/mol. The molecule has 0 radical (unpaired) electrons. The lowest BCUT2D eigenvalue weighted by Gasteiger charge is -2.18. The van der Waals surface area contributed by atoms with Gasteiger partial charge in [0.25, 0.3) is 0 Å². The zero-order valence-corrected chi connectivity index (χ0v) is 18.4. The van der Waals surface area contributed by atoms with Crippen molar-refractivity contribution in [2.45, 2.75) is 0 Å². The SMILES string of the molecule is Brc1ccc(-c2c3ccccc3c(-c3ccc4ccccc4c3)c3ccccc23)cc1. The second kappa shape index (κ2) is 7.37. The number of rotatable bonds is 2. The molecule has 0 aromatic heterocycles. The molecule has 1 heteroatoms. The van der Waals surface area contributed by atoms with Gasteiger partial charge in [0.05, 0.1) is 0 Å². The van der Waals surface area contributed by atoms with Crippen molar-refractivity contribution in [2.75, 3.05) is 0 Å². The fourth-order valence-electron chi connectivity index (χ4n) is 4.71. The summed E-state index contributed by atoms with van der Waals surface area (Å²) < 4.78 is 1.10. The van der Waals surface area contributed by atoms with Gasteiger partial charge in [-0.05, 0) is 72.8 Å². The molecule has 0 nitrogen and oxygen atoms in total. The summed E-state index contributed by atoms with van der Waals surface area (Å²) in [5.41, 5.74) is 5.09. The fraction of sp³-hybridized carbons (Fsp3) is 0. The number of hydrogen-bond donors (Lipinski definition) is 0. The summed E-state index contributed by atoms with van der Waals surface area (Å²) in [6.45, 7) is 0. The van der Waals surface area contributed by atoms with E-state index in [1.54, 1.807) is 0 Å². The molecule has 0 amide bonds. The predicted molar refractivity (Wildman–Crippen MR) is 138 cm³/mol. The van der Waals surface area contributed by atoms with Crippen LogP contribution in [0.1, 0.15) is 0 Å². The minimum atomic E-state index is 1.10. The lowest BCUT2D eigenvalue weighted by atomic mass is 9.85. The zero-order valence-electron chi connectivity index (χ0n) is 16.8. The van der Waals surface area contributed by atoms with Crippen LogP contribution in [-0.2, 0) is 0 Å². The van der Waals surface area contributed by atoms with Gasteiger partial charge in [-0.1, -0.05) is 113 Å². The van der Waals surface area contributed by atoms with Gasteiger partial charge in [0.2, 0.25) is 0 Å². The van der Waals surface area contributed by atoms with Crippen molar-refractivity contribution >= 4 is 48.2 Å². The van der Waals surface area contributed by atoms with Crippen LogP contribution in [0, 0.1) is 0 Å². The average molecular weight is 459 g/mol. The van der Waals surface area contributed by atoms with E-state index in [4.69, 9.17) is 0 Å². The van der Waals surface area contributed by atoms with Crippen LogP contribution in [0.4, 0.5) is 0 Å². The Bertz CT molecular complexity index is 1520. The molecule has 0 aliphatic carbocycles. The Kier molecular flexibility index (Phi) is 4.36. The van der Waals surface area contributed by atoms with Gasteiger partial charge in [-0.2, -0.15) is 0 Å². The first-order valence-electron chi connectivity index (χ1n) is 10.5. The standard InChI is InChI=1S/C30H19Br/c31-24-17-15-21(16-18-24)29-25-9-3-5-11-27(25)30(28-12-6-4-10-26(28)29)23-14-13-20-7-1-2-8-22(20)19-23/h1-19H. The Morgan fingerprint density at radius 1 is 0.387 bits per heavy atom. The summed E-state index contributed by atoms with van der Waals surface area (Å²) in [4.78, 5) is 0. The van der Waals surface area contributed by atoms with Gasteiger partial charge in [-0.15, -0.1) is 0 Å². The minimum Gasteiger partial charge on any atom is -0.0616 e. The highest BCUT2D eigenvalue weighted by Gasteiger charge is 2.16. The van der Waals surface area contributed by atoms with Crippen molar-refractivity contribution in [3.8, 4) is 22.3 Å². The van der Waals surface area contributed by atoms with Crippen molar-refractivity contribution in [1.29, 1.82) is 0 Å². The fourth-order valence-corrected chi connectivity index (χ4v) is 4.98. The highest BCUT2D eigenvalue weighted by Crippen LogP contribution is 2.44. The predicted octanol–water partition coefficient (Wildman–Crippen LogP) is 9.24. The maximum atomic E-state index is 3.58. The van der Waals surface area contributed by atoms with E-state index < -0.39 is 0 Å². The number of hydrogen-bond acceptors (Lipinski definition) is 0. The van der Waals surface area contributed by atoms with Gasteiger partial charge >= 0.3 is 0 Å². The lowest BCUT2D eigenvalue weighted by Crippen LogP contribution is -1.90. The Hall–Kier alpha value is -3.42. The van der Waals surface area contributed by atoms with Crippen LogP contribution in [0.2, 0.25) is 0 Å². The van der Waals surface area contributed by atoms with Crippen molar-refractivity contribution in [3.05, 3.63) is 120 Å². The summed E-state index contributed by atoms with van der Waals surface area (Å²) in [5.74, 6) is 0. The van der Waals surface area contributed by atoms with E-state index in [0.717, 1.165) is 4.47 Å². The highest BCUT2D eigenvalue weighted by atomic mass is 79.9. The van der Waals surface area contributed by atoms with Crippen LogP contribution in [-0.4, -0.2) is 0 Å². The van der Waals surface area contributed by atoms with E-state index in [1.165, 1.54) is 54.6 Å². The Balaban J connectivity index is 1.76. The molecule has 6 rings (SSSR count). The Labute approximate surface area is 189 Å². The van der Waals surface area contributed by atoms with E-state index in [0.29, 0.717) is 0 Å². The number of fused-ring (bicyclic) bond motifs is 3. The molecule has 0 aliphatic rings. The number of benzene rings is 6. The van der Waals surface area contributed by atoms with Crippen molar-refractivity contribution in [1.82, 2.24) is 0 Å². The van der Waals surface area contributed by atoms with Crippen molar-refractivity contribution in [3.63, 3.8) is 0 Å². The Morgan fingerprint density at radius 2 is 0.839 bits per heavy atom. The lowest BCUT2D eigenvalue weighted by molar-refractivity contribution is 1.63. The maximum absolute atomic E-state index is 3.58. The molecule has 0 aliphatic heterocycles. The van der Waals surface area contributed by atoms with E-state index >= 15 is 0 Å². The first-order chi connectivity index (χ1) is 15.3. The molecule has 146 valence electrons. The van der Waals surface area contributed by atoms with Gasteiger partial charge in [-0.3, -0.25) is 0 Å². The second-order valence-electron chi connectivity index (χ2n) is 7.91. The van der Waals surface area contributed by atoms with Gasteiger partial charge in [0.1, 0.15) is 0 Å².